The van der Waals surface area contributed by atoms with Gasteiger partial charge in [-0.15, -0.1) is 0 Å². The molecule has 110 valence electrons. The molecule has 0 spiro atoms. The molecular formula is C17H20N2O2. The molecule has 2 aromatic carbocycles. The second-order valence-corrected chi connectivity index (χ2v) is 4.73. The molecule has 0 saturated heterocycles. The number of amides is 1. The summed E-state index contributed by atoms with van der Waals surface area (Å²) in [6.07, 6.45) is 1.28. The third-order valence-electron chi connectivity index (χ3n) is 3.16. The van der Waals surface area contributed by atoms with Gasteiger partial charge in [-0.1, -0.05) is 31.2 Å². The molecule has 3 N–H and O–H groups in total. The normalized spacial score (nSPS) is 10.1. The Morgan fingerprint density at radius 1 is 1.14 bits per heavy atom. The lowest BCUT2D eigenvalue weighted by atomic mass is 10.2. The van der Waals surface area contributed by atoms with E-state index in [2.05, 4.69) is 12.2 Å². The van der Waals surface area contributed by atoms with Crippen molar-refractivity contribution in [2.45, 2.75) is 19.8 Å². The van der Waals surface area contributed by atoms with Gasteiger partial charge < -0.3 is 15.8 Å². The van der Waals surface area contributed by atoms with Crippen LogP contribution >= 0.6 is 0 Å². The standard InChI is InChI=1S/C17H20N2O2/c1-2-13-7-9-14(10-8-13)21-12-11-17(20)19-16-6-4-3-5-15(16)18/h3-10H,2,11-12,18H2,1H3,(H,19,20). The Morgan fingerprint density at radius 2 is 1.86 bits per heavy atom. The highest BCUT2D eigenvalue weighted by Crippen LogP contribution is 2.17. The molecule has 0 aliphatic carbocycles. The summed E-state index contributed by atoms with van der Waals surface area (Å²) < 4.78 is 5.55. The molecule has 4 heteroatoms. The van der Waals surface area contributed by atoms with Crippen molar-refractivity contribution in [2.75, 3.05) is 17.7 Å². The topological polar surface area (TPSA) is 64.3 Å². The maximum absolute atomic E-state index is 11.8. The van der Waals surface area contributed by atoms with Gasteiger partial charge >= 0.3 is 0 Å². The number of hydrogen-bond acceptors (Lipinski definition) is 3. The molecule has 0 saturated carbocycles. The first-order valence-electron chi connectivity index (χ1n) is 7.05. The fourth-order valence-corrected chi connectivity index (χ4v) is 1.91. The minimum absolute atomic E-state index is 0.113. The van der Waals surface area contributed by atoms with Gasteiger partial charge in [0.05, 0.1) is 24.4 Å². The average molecular weight is 284 g/mol. The Bertz CT molecular complexity index is 594. The van der Waals surface area contributed by atoms with E-state index in [9.17, 15) is 4.79 Å². The highest BCUT2D eigenvalue weighted by molar-refractivity contribution is 5.93. The number of nitrogen functional groups attached to an aromatic ring is 1. The molecule has 0 aliphatic heterocycles. The maximum Gasteiger partial charge on any atom is 0.227 e. The Morgan fingerprint density at radius 3 is 2.52 bits per heavy atom. The van der Waals surface area contributed by atoms with Crippen LogP contribution in [-0.4, -0.2) is 12.5 Å². The minimum Gasteiger partial charge on any atom is -0.493 e. The van der Waals surface area contributed by atoms with Gasteiger partial charge in [0.2, 0.25) is 5.91 Å². The molecule has 0 unspecified atom stereocenters. The quantitative estimate of drug-likeness (QED) is 0.800. The number of hydrogen-bond donors (Lipinski definition) is 2. The van der Waals surface area contributed by atoms with E-state index in [1.165, 1.54) is 5.56 Å². The molecule has 21 heavy (non-hydrogen) atoms. The van der Waals surface area contributed by atoms with E-state index in [0.717, 1.165) is 12.2 Å². The van der Waals surface area contributed by atoms with Crippen molar-refractivity contribution in [1.29, 1.82) is 0 Å². The fourth-order valence-electron chi connectivity index (χ4n) is 1.91. The molecule has 2 aromatic rings. The third kappa shape index (κ3) is 4.53. The maximum atomic E-state index is 11.8. The van der Waals surface area contributed by atoms with Crippen molar-refractivity contribution in [3.63, 3.8) is 0 Å². The van der Waals surface area contributed by atoms with E-state index in [4.69, 9.17) is 10.5 Å². The molecule has 0 bridgehead atoms. The van der Waals surface area contributed by atoms with Crippen molar-refractivity contribution in [3.05, 3.63) is 54.1 Å². The summed E-state index contributed by atoms with van der Waals surface area (Å²) in [7, 11) is 0. The molecule has 0 aromatic heterocycles. The molecular weight excluding hydrogens is 264 g/mol. The second-order valence-electron chi connectivity index (χ2n) is 4.73. The van der Waals surface area contributed by atoms with Gasteiger partial charge in [0.15, 0.2) is 0 Å². The summed E-state index contributed by atoms with van der Waals surface area (Å²) in [4.78, 5) is 11.8. The minimum atomic E-state index is -0.113. The summed E-state index contributed by atoms with van der Waals surface area (Å²) in [5, 5.41) is 2.77. The summed E-state index contributed by atoms with van der Waals surface area (Å²) in [5.41, 5.74) is 8.22. The van der Waals surface area contributed by atoms with Crippen molar-refractivity contribution in [3.8, 4) is 5.75 Å². The van der Waals surface area contributed by atoms with Crippen molar-refractivity contribution in [1.82, 2.24) is 0 Å². The first kappa shape index (κ1) is 14.9. The zero-order valence-electron chi connectivity index (χ0n) is 12.1. The zero-order chi connectivity index (χ0) is 15.1. The van der Waals surface area contributed by atoms with E-state index in [1.54, 1.807) is 12.1 Å². The number of nitrogens with one attached hydrogen (secondary N) is 1. The van der Waals surface area contributed by atoms with E-state index in [-0.39, 0.29) is 12.3 Å². The fraction of sp³-hybridized carbons (Fsp3) is 0.235. The summed E-state index contributed by atoms with van der Waals surface area (Å²) in [6, 6.07) is 15.1. The molecule has 0 radical (unpaired) electrons. The smallest absolute Gasteiger partial charge is 0.227 e. The second kappa shape index (κ2) is 7.33. The van der Waals surface area contributed by atoms with Crippen LogP contribution in [0.15, 0.2) is 48.5 Å². The third-order valence-corrected chi connectivity index (χ3v) is 3.16. The van der Waals surface area contributed by atoms with Gasteiger partial charge in [-0.2, -0.15) is 0 Å². The Kier molecular flexibility index (Phi) is 5.21. The Balaban J connectivity index is 1.77. The zero-order valence-corrected chi connectivity index (χ0v) is 12.1. The first-order valence-corrected chi connectivity index (χ1v) is 7.05. The monoisotopic (exact) mass is 284 g/mol. The summed E-state index contributed by atoms with van der Waals surface area (Å²) >= 11 is 0. The average Bonchev–Trinajstić information content (AvgIpc) is 2.50. The van der Waals surface area contributed by atoms with E-state index < -0.39 is 0 Å². The summed E-state index contributed by atoms with van der Waals surface area (Å²) in [5.74, 6) is 0.664. The van der Waals surface area contributed by atoms with Gasteiger partial charge in [-0.3, -0.25) is 4.79 Å². The van der Waals surface area contributed by atoms with E-state index >= 15 is 0 Å². The van der Waals surface area contributed by atoms with Crippen LogP contribution in [0.1, 0.15) is 18.9 Å². The highest BCUT2D eigenvalue weighted by atomic mass is 16.5. The largest absolute Gasteiger partial charge is 0.493 e. The lowest BCUT2D eigenvalue weighted by molar-refractivity contribution is -0.116. The van der Waals surface area contributed by atoms with Crippen LogP contribution in [0.3, 0.4) is 0 Å². The van der Waals surface area contributed by atoms with Crippen LogP contribution in [0.5, 0.6) is 5.75 Å². The highest BCUT2D eigenvalue weighted by Gasteiger charge is 2.05. The number of rotatable bonds is 6. The number of ether oxygens (including phenoxy) is 1. The van der Waals surface area contributed by atoms with Gasteiger partial charge in [-0.05, 0) is 36.2 Å². The van der Waals surface area contributed by atoms with E-state index in [0.29, 0.717) is 18.0 Å². The van der Waals surface area contributed by atoms with Crippen LogP contribution in [0.2, 0.25) is 0 Å². The van der Waals surface area contributed by atoms with Gasteiger partial charge in [-0.25, -0.2) is 0 Å². The van der Waals surface area contributed by atoms with Crippen molar-refractivity contribution < 1.29 is 9.53 Å². The number of carbonyl (C=O) groups excluding carboxylic acids is 1. The van der Waals surface area contributed by atoms with Crippen LogP contribution in [0.25, 0.3) is 0 Å². The molecule has 4 nitrogen and oxygen atoms in total. The van der Waals surface area contributed by atoms with Gasteiger partial charge in [0.1, 0.15) is 5.75 Å². The Hall–Kier alpha value is -2.49. The number of benzene rings is 2. The lowest BCUT2D eigenvalue weighted by Crippen LogP contribution is -2.16. The van der Waals surface area contributed by atoms with Gasteiger partial charge in [0, 0.05) is 0 Å². The van der Waals surface area contributed by atoms with Crippen LogP contribution in [0.4, 0.5) is 11.4 Å². The number of aryl methyl sites for hydroxylation is 1. The molecule has 0 atom stereocenters. The Labute approximate surface area is 124 Å². The van der Waals surface area contributed by atoms with Crippen LogP contribution in [-0.2, 0) is 11.2 Å². The van der Waals surface area contributed by atoms with Crippen molar-refractivity contribution >= 4 is 17.3 Å². The molecule has 1 amide bonds. The van der Waals surface area contributed by atoms with Crippen LogP contribution in [0, 0.1) is 0 Å². The number of para-hydroxylation sites is 2. The van der Waals surface area contributed by atoms with Crippen molar-refractivity contribution in [2.24, 2.45) is 0 Å². The predicted molar refractivity (Wildman–Crippen MR) is 85.4 cm³/mol. The predicted octanol–water partition coefficient (Wildman–Crippen LogP) is 3.24. The number of carbonyl (C=O) groups is 1. The van der Waals surface area contributed by atoms with E-state index in [1.807, 2.05) is 36.4 Å². The number of nitrogens with two attached hydrogens (primary N) is 1. The first-order chi connectivity index (χ1) is 10.2. The lowest BCUT2D eigenvalue weighted by Gasteiger charge is -2.09. The molecule has 0 fully saturated rings. The molecule has 2 rings (SSSR count). The van der Waals surface area contributed by atoms with Crippen LogP contribution < -0.4 is 15.8 Å². The molecule has 0 heterocycles. The van der Waals surface area contributed by atoms with Gasteiger partial charge in [0.25, 0.3) is 0 Å². The number of anilines is 2. The summed E-state index contributed by atoms with van der Waals surface area (Å²) in [6.45, 7) is 2.44. The molecule has 0 aliphatic rings. The SMILES string of the molecule is CCc1ccc(OCCC(=O)Nc2ccccc2N)cc1.